The van der Waals surface area contributed by atoms with Crippen LogP contribution in [0.3, 0.4) is 0 Å². The summed E-state index contributed by atoms with van der Waals surface area (Å²) in [6.07, 6.45) is 1.59. The molecule has 1 aromatic carbocycles. The summed E-state index contributed by atoms with van der Waals surface area (Å²) >= 11 is 4.27. The van der Waals surface area contributed by atoms with Crippen LogP contribution in [0.4, 0.5) is 5.69 Å². The van der Waals surface area contributed by atoms with Crippen LogP contribution in [0.25, 0.3) is 0 Å². The van der Waals surface area contributed by atoms with Crippen LogP contribution in [0.1, 0.15) is 6.42 Å². The van der Waals surface area contributed by atoms with Crippen LogP contribution in [0.15, 0.2) is 29.2 Å². The van der Waals surface area contributed by atoms with E-state index >= 15 is 0 Å². The Morgan fingerprint density at radius 2 is 1.88 bits per heavy atom. The molecule has 0 aromatic heterocycles. The molecule has 6 heteroatoms. The van der Waals surface area contributed by atoms with Crippen LogP contribution in [-0.2, 0) is 14.6 Å². The van der Waals surface area contributed by atoms with Crippen molar-refractivity contribution in [2.45, 2.75) is 16.6 Å². The van der Waals surface area contributed by atoms with Gasteiger partial charge < -0.3 is 4.90 Å². The maximum atomic E-state index is 11.6. The number of sulfone groups is 1. The van der Waals surface area contributed by atoms with Crippen molar-refractivity contribution in [1.82, 2.24) is 0 Å². The topological polar surface area (TPSA) is 54.5 Å². The smallest absolute Gasteiger partial charge is 0.228 e. The van der Waals surface area contributed by atoms with Gasteiger partial charge >= 0.3 is 0 Å². The lowest BCUT2D eigenvalue weighted by molar-refractivity contribution is -0.117. The molecule has 1 aromatic rings. The third-order valence-corrected chi connectivity index (χ3v) is 4.16. The van der Waals surface area contributed by atoms with E-state index in [2.05, 4.69) is 12.6 Å². The molecule has 1 aliphatic heterocycles. The maximum absolute atomic E-state index is 11.6. The van der Waals surface area contributed by atoms with Gasteiger partial charge in [0, 0.05) is 30.2 Å². The van der Waals surface area contributed by atoms with Gasteiger partial charge in [0.05, 0.1) is 4.90 Å². The van der Waals surface area contributed by atoms with Crippen LogP contribution in [0.5, 0.6) is 0 Å². The molecule has 0 radical (unpaired) electrons. The van der Waals surface area contributed by atoms with Crippen molar-refractivity contribution in [3.63, 3.8) is 0 Å². The minimum atomic E-state index is -3.19. The highest BCUT2D eigenvalue weighted by Gasteiger charge is 2.28. The van der Waals surface area contributed by atoms with Gasteiger partial charge in [-0.2, -0.15) is 12.6 Å². The third-order valence-electron chi connectivity index (χ3n) is 2.68. The van der Waals surface area contributed by atoms with Crippen molar-refractivity contribution in [2.24, 2.45) is 0 Å². The van der Waals surface area contributed by atoms with Gasteiger partial charge in [-0.05, 0) is 24.3 Å². The molecule has 1 heterocycles. The number of rotatable bonds is 2. The van der Waals surface area contributed by atoms with E-state index in [4.69, 9.17) is 0 Å². The second kappa shape index (κ2) is 4.34. The fourth-order valence-corrected chi connectivity index (χ4v) is 2.76. The summed E-state index contributed by atoms with van der Waals surface area (Å²) in [5, 5.41) is 0.0529. The van der Waals surface area contributed by atoms with Gasteiger partial charge in [-0.25, -0.2) is 8.42 Å². The fraction of sp³-hybridized carbons (Fsp3) is 0.364. The average Bonchev–Trinajstić information content (AvgIpc) is 2.57. The van der Waals surface area contributed by atoms with Gasteiger partial charge in [0.2, 0.25) is 5.91 Å². The Morgan fingerprint density at radius 1 is 1.29 bits per heavy atom. The average molecular weight is 271 g/mol. The first-order valence-electron chi connectivity index (χ1n) is 5.16. The summed E-state index contributed by atoms with van der Waals surface area (Å²) < 4.78 is 22.6. The van der Waals surface area contributed by atoms with Crippen molar-refractivity contribution in [3.8, 4) is 0 Å². The number of nitrogens with zero attached hydrogens (tertiary/aromatic N) is 1. The first-order chi connectivity index (χ1) is 7.88. The molecule has 0 N–H and O–H groups in total. The van der Waals surface area contributed by atoms with E-state index in [9.17, 15) is 13.2 Å². The summed E-state index contributed by atoms with van der Waals surface area (Å²) in [5.74, 6) is 0.0251. The van der Waals surface area contributed by atoms with E-state index in [-0.39, 0.29) is 16.1 Å². The summed E-state index contributed by atoms with van der Waals surface area (Å²) in [7, 11) is -3.19. The van der Waals surface area contributed by atoms with Gasteiger partial charge in [-0.1, -0.05) is 0 Å². The standard InChI is InChI=1S/C11H13NO3S2/c1-17(14,15)10-4-2-8(3-5-10)12-7-9(16)6-11(12)13/h2-5,9,16H,6-7H2,1H3. The molecule has 1 fully saturated rings. The van der Waals surface area contributed by atoms with Crippen molar-refractivity contribution in [3.05, 3.63) is 24.3 Å². The second-order valence-corrected chi connectivity index (χ2v) is 6.87. The molecule has 17 heavy (non-hydrogen) atoms. The van der Waals surface area contributed by atoms with Gasteiger partial charge in [0.15, 0.2) is 9.84 Å². The van der Waals surface area contributed by atoms with Crippen molar-refractivity contribution in [2.75, 3.05) is 17.7 Å². The fourth-order valence-electron chi connectivity index (χ4n) is 1.81. The number of amides is 1. The Hall–Kier alpha value is -1.01. The zero-order chi connectivity index (χ0) is 12.6. The number of hydrogen-bond acceptors (Lipinski definition) is 4. The predicted octanol–water partition coefficient (Wildman–Crippen LogP) is 1.13. The predicted molar refractivity (Wildman–Crippen MR) is 69.3 cm³/mol. The molecule has 1 aliphatic rings. The molecule has 0 bridgehead atoms. The quantitative estimate of drug-likeness (QED) is 0.820. The number of carbonyl (C=O) groups excluding carboxylic acids is 1. The molecule has 4 nitrogen and oxygen atoms in total. The number of anilines is 1. The summed E-state index contributed by atoms with van der Waals surface area (Å²) in [6.45, 7) is 0.570. The largest absolute Gasteiger partial charge is 0.311 e. The number of thiol groups is 1. The van der Waals surface area contributed by atoms with Crippen LogP contribution >= 0.6 is 12.6 Å². The van der Waals surface area contributed by atoms with E-state index in [1.54, 1.807) is 17.0 Å². The number of carbonyl (C=O) groups is 1. The first-order valence-corrected chi connectivity index (χ1v) is 7.57. The first kappa shape index (κ1) is 12.4. The number of hydrogen-bond donors (Lipinski definition) is 1. The van der Waals surface area contributed by atoms with Crippen molar-refractivity contribution in [1.29, 1.82) is 0 Å². The van der Waals surface area contributed by atoms with E-state index in [0.29, 0.717) is 13.0 Å². The Balaban J connectivity index is 2.28. The highest BCUT2D eigenvalue weighted by atomic mass is 32.2. The number of benzene rings is 1. The maximum Gasteiger partial charge on any atom is 0.228 e. The molecule has 0 saturated carbocycles. The summed E-state index contributed by atoms with van der Waals surface area (Å²) in [5.41, 5.74) is 0.721. The van der Waals surface area contributed by atoms with E-state index < -0.39 is 9.84 Å². The van der Waals surface area contributed by atoms with Gasteiger partial charge in [0.1, 0.15) is 0 Å². The Kier molecular flexibility index (Phi) is 3.18. The Bertz CT molecular complexity index is 536. The molecule has 92 valence electrons. The Labute approximate surface area is 106 Å². The SMILES string of the molecule is CS(=O)(=O)c1ccc(N2CC(S)CC2=O)cc1. The zero-order valence-corrected chi connectivity index (χ0v) is 11.0. The highest BCUT2D eigenvalue weighted by molar-refractivity contribution is 7.90. The lowest BCUT2D eigenvalue weighted by atomic mass is 10.3. The van der Waals surface area contributed by atoms with Gasteiger partial charge in [-0.3, -0.25) is 4.79 Å². The Morgan fingerprint density at radius 3 is 2.29 bits per heavy atom. The summed E-state index contributed by atoms with van der Waals surface area (Å²) in [6, 6.07) is 6.34. The van der Waals surface area contributed by atoms with Gasteiger partial charge in [0.25, 0.3) is 0 Å². The molecule has 1 amide bonds. The molecule has 1 atom stereocenters. The molecule has 1 unspecified atom stereocenters. The van der Waals surface area contributed by atoms with Gasteiger partial charge in [-0.15, -0.1) is 0 Å². The monoisotopic (exact) mass is 271 g/mol. The molecule has 0 aliphatic carbocycles. The lowest BCUT2D eigenvalue weighted by Crippen LogP contribution is -2.24. The van der Waals surface area contributed by atoms with Crippen LogP contribution in [-0.4, -0.2) is 32.4 Å². The lowest BCUT2D eigenvalue weighted by Gasteiger charge is -2.16. The van der Waals surface area contributed by atoms with E-state index in [0.717, 1.165) is 11.9 Å². The molecule has 2 rings (SSSR count). The molecule has 0 spiro atoms. The second-order valence-electron chi connectivity index (χ2n) is 4.13. The zero-order valence-electron chi connectivity index (χ0n) is 9.33. The van der Waals surface area contributed by atoms with Crippen molar-refractivity contribution < 1.29 is 13.2 Å². The van der Waals surface area contributed by atoms with E-state index in [1.807, 2.05) is 0 Å². The highest BCUT2D eigenvalue weighted by Crippen LogP contribution is 2.25. The van der Waals surface area contributed by atoms with Crippen LogP contribution in [0, 0.1) is 0 Å². The van der Waals surface area contributed by atoms with Crippen LogP contribution < -0.4 is 4.90 Å². The van der Waals surface area contributed by atoms with Crippen molar-refractivity contribution >= 4 is 34.1 Å². The molecular weight excluding hydrogens is 258 g/mol. The van der Waals surface area contributed by atoms with Crippen LogP contribution in [0.2, 0.25) is 0 Å². The summed E-state index contributed by atoms with van der Waals surface area (Å²) in [4.78, 5) is 13.5. The third kappa shape index (κ3) is 2.63. The molecule has 1 saturated heterocycles. The molecular formula is C11H13NO3S2. The minimum absolute atomic E-state index is 0.0251. The minimum Gasteiger partial charge on any atom is -0.311 e. The van der Waals surface area contributed by atoms with E-state index in [1.165, 1.54) is 12.1 Å². The normalized spacial score (nSPS) is 20.9.